The molecule has 112 valence electrons. The third-order valence-electron chi connectivity index (χ3n) is 3.08. The van der Waals surface area contributed by atoms with E-state index in [1.54, 1.807) is 0 Å². The van der Waals surface area contributed by atoms with Gasteiger partial charge in [-0.2, -0.15) is 0 Å². The van der Waals surface area contributed by atoms with Gasteiger partial charge >= 0.3 is 6.03 Å². The highest BCUT2D eigenvalue weighted by atomic mass is 35.5. The van der Waals surface area contributed by atoms with E-state index >= 15 is 0 Å². The van der Waals surface area contributed by atoms with Crippen LogP contribution in [0.1, 0.15) is 19.8 Å². The van der Waals surface area contributed by atoms with Gasteiger partial charge in [-0.3, -0.25) is 14.9 Å². The number of hydrogen-bond acceptors (Lipinski definition) is 3. The Kier molecular flexibility index (Phi) is 4.76. The molecule has 1 atom stereocenters. The summed E-state index contributed by atoms with van der Waals surface area (Å²) in [6, 6.07) is 1.81. The zero-order chi connectivity index (χ0) is 15.7. The van der Waals surface area contributed by atoms with Crippen LogP contribution in [0.15, 0.2) is 12.1 Å². The van der Waals surface area contributed by atoms with Gasteiger partial charge in [-0.15, -0.1) is 0 Å². The zero-order valence-electron chi connectivity index (χ0n) is 11.0. The van der Waals surface area contributed by atoms with Crippen molar-refractivity contribution in [3.63, 3.8) is 0 Å². The van der Waals surface area contributed by atoms with E-state index in [4.69, 9.17) is 34.8 Å². The van der Waals surface area contributed by atoms with Crippen molar-refractivity contribution < 1.29 is 14.4 Å². The number of benzene rings is 1. The lowest BCUT2D eigenvalue weighted by Crippen LogP contribution is -2.58. The first-order chi connectivity index (χ1) is 9.86. The molecule has 1 heterocycles. The summed E-state index contributed by atoms with van der Waals surface area (Å²) in [6.07, 6.45) is 0.967. The van der Waals surface area contributed by atoms with E-state index in [2.05, 4.69) is 5.32 Å². The maximum absolute atomic E-state index is 12.4. The number of halogens is 3. The molecule has 1 saturated heterocycles. The summed E-state index contributed by atoms with van der Waals surface area (Å²) in [6.45, 7) is 1.84. The first-order valence-corrected chi connectivity index (χ1v) is 7.33. The normalized spacial score (nSPS) is 19.0. The summed E-state index contributed by atoms with van der Waals surface area (Å²) in [5.41, 5.74) is 0.0992. The summed E-state index contributed by atoms with van der Waals surface area (Å²) >= 11 is 17.7. The second kappa shape index (κ2) is 6.22. The summed E-state index contributed by atoms with van der Waals surface area (Å²) < 4.78 is 0. The Morgan fingerprint density at radius 3 is 2.33 bits per heavy atom. The van der Waals surface area contributed by atoms with Gasteiger partial charge in [0.05, 0.1) is 20.8 Å². The summed E-state index contributed by atoms with van der Waals surface area (Å²) in [7, 11) is 0. The third kappa shape index (κ3) is 3.00. The Balaban J connectivity index is 2.46. The molecule has 1 aromatic carbocycles. The van der Waals surface area contributed by atoms with Gasteiger partial charge in [0.15, 0.2) is 0 Å². The quantitative estimate of drug-likeness (QED) is 0.669. The Hall–Kier alpha value is -1.30. The minimum absolute atomic E-state index is 0.0949. The van der Waals surface area contributed by atoms with Crippen molar-refractivity contribution in [1.82, 2.24) is 5.32 Å². The molecule has 1 unspecified atom stereocenters. The molecule has 1 aromatic rings. The Morgan fingerprint density at radius 1 is 1.10 bits per heavy atom. The Labute approximate surface area is 136 Å². The van der Waals surface area contributed by atoms with Gasteiger partial charge in [0.1, 0.15) is 5.92 Å². The van der Waals surface area contributed by atoms with Crippen molar-refractivity contribution in [2.45, 2.75) is 19.8 Å². The van der Waals surface area contributed by atoms with Crippen LogP contribution in [0.4, 0.5) is 10.5 Å². The van der Waals surface area contributed by atoms with Gasteiger partial charge in [0.2, 0.25) is 11.8 Å². The number of barbiturate groups is 1. The molecule has 4 amide bonds. The van der Waals surface area contributed by atoms with Crippen LogP contribution in [0.3, 0.4) is 0 Å². The number of carbonyl (C=O) groups excluding carboxylic acids is 3. The summed E-state index contributed by atoms with van der Waals surface area (Å²) in [5, 5.41) is 2.60. The smallest absolute Gasteiger partial charge is 0.277 e. The first kappa shape index (κ1) is 16.1. The van der Waals surface area contributed by atoms with Crippen LogP contribution in [-0.2, 0) is 9.59 Å². The van der Waals surface area contributed by atoms with Gasteiger partial charge in [-0.05, 0) is 18.6 Å². The molecule has 1 aliphatic rings. The summed E-state index contributed by atoms with van der Waals surface area (Å²) in [5.74, 6) is -2.14. The van der Waals surface area contributed by atoms with E-state index in [1.807, 2.05) is 6.92 Å². The minimum Gasteiger partial charge on any atom is -0.277 e. The molecule has 0 aliphatic carbocycles. The minimum atomic E-state index is -0.918. The number of rotatable bonds is 3. The molecule has 8 heteroatoms. The number of amides is 4. The second-order valence-corrected chi connectivity index (χ2v) is 5.75. The van der Waals surface area contributed by atoms with Crippen molar-refractivity contribution in [2.24, 2.45) is 5.92 Å². The SMILES string of the molecule is CCCC1C(=O)NC(=O)N(c2cc(Cl)c(Cl)cc2Cl)C1=O. The molecule has 2 rings (SSSR count). The monoisotopic (exact) mass is 348 g/mol. The molecule has 0 bridgehead atoms. The average molecular weight is 350 g/mol. The number of hydrogen-bond donors (Lipinski definition) is 1. The van der Waals surface area contributed by atoms with Crippen LogP contribution in [0.2, 0.25) is 15.1 Å². The highest BCUT2D eigenvalue weighted by molar-refractivity contribution is 6.44. The van der Waals surface area contributed by atoms with E-state index in [0.29, 0.717) is 12.8 Å². The number of nitrogens with one attached hydrogen (secondary N) is 1. The molecular weight excluding hydrogens is 339 g/mol. The van der Waals surface area contributed by atoms with Gasteiger partial charge in [-0.1, -0.05) is 48.1 Å². The second-order valence-electron chi connectivity index (χ2n) is 4.53. The lowest BCUT2D eigenvalue weighted by molar-refractivity contribution is -0.134. The van der Waals surface area contributed by atoms with Crippen molar-refractivity contribution in [2.75, 3.05) is 4.90 Å². The topological polar surface area (TPSA) is 66.5 Å². The number of imide groups is 2. The van der Waals surface area contributed by atoms with Crippen molar-refractivity contribution in [1.29, 1.82) is 0 Å². The average Bonchev–Trinajstić information content (AvgIpc) is 2.40. The van der Waals surface area contributed by atoms with Crippen LogP contribution in [-0.4, -0.2) is 17.8 Å². The molecule has 0 saturated carbocycles. The molecule has 0 radical (unpaired) electrons. The number of nitrogens with zero attached hydrogens (tertiary/aromatic N) is 1. The molecule has 0 spiro atoms. The maximum Gasteiger partial charge on any atom is 0.335 e. The standard InChI is InChI=1S/C13H11Cl3N2O3/c1-2-3-6-11(19)17-13(21)18(12(6)20)10-5-8(15)7(14)4-9(10)16/h4-6H,2-3H2,1H3,(H,17,19,21). The highest BCUT2D eigenvalue weighted by Gasteiger charge is 2.41. The van der Waals surface area contributed by atoms with E-state index in [9.17, 15) is 14.4 Å². The fraction of sp³-hybridized carbons (Fsp3) is 0.308. The van der Waals surface area contributed by atoms with Crippen LogP contribution in [0.25, 0.3) is 0 Å². The molecule has 21 heavy (non-hydrogen) atoms. The Morgan fingerprint density at radius 2 is 1.71 bits per heavy atom. The fourth-order valence-corrected chi connectivity index (χ4v) is 2.70. The van der Waals surface area contributed by atoms with Gasteiger partial charge in [-0.25, -0.2) is 9.69 Å². The van der Waals surface area contributed by atoms with Gasteiger partial charge < -0.3 is 0 Å². The third-order valence-corrected chi connectivity index (χ3v) is 4.10. The first-order valence-electron chi connectivity index (χ1n) is 6.20. The summed E-state index contributed by atoms with van der Waals surface area (Å²) in [4.78, 5) is 36.9. The Bertz CT molecular complexity index is 633. The molecule has 1 aliphatic heterocycles. The van der Waals surface area contributed by atoms with Crippen LogP contribution >= 0.6 is 34.8 Å². The predicted octanol–water partition coefficient (Wildman–Crippen LogP) is 3.65. The lowest BCUT2D eigenvalue weighted by Gasteiger charge is -2.30. The molecule has 0 aromatic heterocycles. The fourth-order valence-electron chi connectivity index (χ4n) is 2.07. The molecule has 1 fully saturated rings. The molecule has 5 nitrogen and oxygen atoms in total. The van der Waals surface area contributed by atoms with Crippen LogP contribution < -0.4 is 10.2 Å². The van der Waals surface area contributed by atoms with Gasteiger partial charge in [0.25, 0.3) is 0 Å². The van der Waals surface area contributed by atoms with Crippen LogP contribution in [0, 0.1) is 5.92 Å². The van der Waals surface area contributed by atoms with Gasteiger partial charge in [0, 0.05) is 0 Å². The van der Waals surface area contributed by atoms with Crippen LogP contribution in [0.5, 0.6) is 0 Å². The zero-order valence-corrected chi connectivity index (χ0v) is 13.2. The maximum atomic E-state index is 12.4. The number of anilines is 1. The lowest BCUT2D eigenvalue weighted by atomic mass is 9.99. The largest absolute Gasteiger partial charge is 0.335 e. The molecule has 1 N–H and O–H groups in total. The van der Waals surface area contributed by atoms with Crippen molar-refractivity contribution >= 4 is 58.3 Å². The number of carbonyl (C=O) groups is 3. The van der Waals surface area contributed by atoms with Crippen molar-refractivity contribution in [3.8, 4) is 0 Å². The van der Waals surface area contributed by atoms with E-state index in [-0.39, 0.29) is 20.8 Å². The number of urea groups is 1. The predicted molar refractivity (Wildman–Crippen MR) is 80.9 cm³/mol. The highest BCUT2D eigenvalue weighted by Crippen LogP contribution is 2.36. The van der Waals surface area contributed by atoms with E-state index in [1.165, 1.54) is 12.1 Å². The van der Waals surface area contributed by atoms with Crippen molar-refractivity contribution in [3.05, 3.63) is 27.2 Å². The van der Waals surface area contributed by atoms with E-state index in [0.717, 1.165) is 4.90 Å². The van der Waals surface area contributed by atoms with E-state index < -0.39 is 23.8 Å². The molecular formula is C13H11Cl3N2O3.